The summed E-state index contributed by atoms with van der Waals surface area (Å²) < 4.78 is 63.5. The first kappa shape index (κ1) is 32.9. The summed E-state index contributed by atoms with van der Waals surface area (Å²) in [6, 6.07) is 10.3. The molecule has 0 aliphatic carbocycles. The summed E-state index contributed by atoms with van der Waals surface area (Å²) >= 11 is 0. The van der Waals surface area contributed by atoms with Gasteiger partial charge in [0.05, 0.1) is 6.33 Å². The lowest BCUT2D eigenvalue weighted by Crippen LogP contribution is -2.37. The molecule has 0 aliphatic rings. The molecule has 0 bridgehead atoms. The normalized spacial score (nSPS) is 12.2. The fraction of sp³-hybridized carbons (Fsp3) is 0.381. The second-order valence-electron chi connectivity index (χ2n) is 7.10. The number of nitrogens with zero attached hydrogens (tertiary/aromatic N) is 2. The number of carboxylic acids is 2. The fourth-order valence-corrected chi connectivity index (χ4v) is 2.24. The highest BCUT2D eigenvalue weighted by molar-refractivity contribution is 5.96. The van der Waals surface area contributed by atoms with Gasteiger partial charge in [-0.15, -0.1) is 0 Å². The third kappa shape index (κ3) is 16.2. The SMILES string of the molecule is CC(CCN=C(N)NC(=O)CCc1cnc[nH]1)c1ccccc1.O=C(O)C(F)(F)F.O=C(O)C(F)(F)F. The number of aromatic amines is 1. The van der Waals surface area contributed by atoms with E-state index in [4.69, 9.17) is 25.5 Å². The quantitative estimate of drug-likeness (QED) is 0.203. The number of amides is 1. The second kappa shape index (κ2) is 15.8. The average Bonchev–Trinajstić information content (AvgIpc) is 3.31. The minimum Gasteiger partial charge on any atom is -0.475 e. The number of H-pyrrole nitrogens is 1. The Bertz CT molecular complexity index is 971. The lowest BCUT2D eigenvalue weighted by atomic mass is 9.98. The lowest BCUT2D eigenvalue weighted by Gasteiger charge is -2.10. The fourth-order valence-electron chi connectivity index (χ4n) is 2.24. The van der Waals surface area contributed by atoms with Gasteiger partial charge in [-0.25, -0.2) is 14.6 Å². The van der Waals surface area contributed by atoms with E-state index < -0.39 is 24.3 Å². The van der Waals surface area contributed by atoms with Crippen LogP contribution in [0.4, 0.5) is 26.3 Å². The Labute approximate surface area is 206 Å². The van der Waals surface area contributed by atoms with Gasteiger partial charge in [0, 0.05) is 24.9 Å². The molecule has 10 nitrogen and oxygen atoms in total. The molecule has 0 saturated heterocycles. The zero-order chi connectivity index (χ0) is 28.6. The van der Waals surface area contributed by atoms with Gasteiger partial charge in [0.15, 0.2) is 5.96 Å². The van der Waals surface area contributed by atoms with Crippen LogP contribution in [0.15, 0.2) is 47.8 Å². The number of aromatic nitrogens is 2. The monoisotopic (exact) mass is 541 g/mol. The molecule has 1 amide bonds. The number of rotatable bonds is 7. The first-order valence-corrected chi connectivity index (χ1v) is 10.3. The van der Waals surface area contributed by atoms with E-state index in [0.717, 1.165) is 12.1 Å². The number of benzene rings is 1. The summed E-state index contributed by atoms with van der Waals surface area (Å²) in [7, 11) is 0. The van der Waals surface area contributed by atoms with Crippen molar-refractivity contribution in [3.63, 3.8) is 0 Å². The Morgan fingerprint density at radius 3 is 2.00 bits per heavy atom. The first-order chi connectivity index (χ1) is 17.0. The molecule has 1 unspecified atom stereocenters. The molecule has 0 aliphatic heterocycles. The van der Waals surface area contributed by atoms with Crippen molar-refractivity contribution in [2.24, 2.45) is 10.7 Å². The molecule has 37 heavy (non-hydrogen) atoms. The summed E-state index contributed by atoms with van der Waals surface area (Å²) in [5.41, 5.74) is 7.95. The van der Waals surface area contributed by atoms with Crippen LogP contribution < -0.4 is 11.1 Å². The van der Waals surface area contributed by atoms with Crippen LogP contribution in [-0.4, -0.2) is 62.9 Å². The Morgan fingerprint density at radius 1 is 1.05 bits per heavy atom. The van der Waals surface area contributed by atoms with Gasteiger partial charge in [-0.05, 0) is 24.3 Å². The largest absolute Gasteiger partial charge is 0.490 e. The zero-order valence-electron chi connectivity index (χ0n) is 19.3. The van der Waals surface area contributed by atoms with E-state index in [-0.39, 0.29) is 11.9 Å². The Hall–Kier alpha value is -4.11. The number of hydrogen-bond donors (Lipinski definition) is 5. The van der Waals surface area contributed by atoms with Crippen LogP contribution in [-0.2, 0) is 20.8 Å². The number of aryl methyl sites for hydroxylation is 1. The summed E-state index contributed by atoms with van der Waals surface area (Å²) in [6.07, 6.45) is -5.04. The number of alkyl halides is 6. The van der Waals surface area contributed by atoms with Gasteiger partial charge < -0.3 is 20.9 Å². The molecule has 0 spiro atoms. The lowest BCUT2D eigenvalue weighted by molar-refractivity contribution is -0.193. The number of nitrogens with one attached hydrogen (secondary N) is 2. The summed E-state index contributed by atoms with van der Waals surface area (Å²) in [5, 5.41) is 16.9. The Morgan fingerprint density at radius 2 is 1.57 bits per heavy atom. The second-order valence-corrected chi connectivity index (χ2v) is 7.10. The molecular formula is C21H25F6N5O5. The predicted octanol–water partition coefficient (Wildman–Crippen LogP) is 3.23. The van der Waals surface area contributed by atoms with Gasteiger partial charge in [-0.1, -0.05) is 37.3 Å². The van der Waals surface area contributed by atoms with Crippen molar-refractivity contribution in [2.45, 2.75) is 44.5 Å². The molecule has 2 rings (SSSR count). The van der Waals surface area contributed by atoms with Gasteiger partial charge >= 0.3 is 24.3 Å². The molecule has 6 N–H and O–H groups in total. The van der Waals surface area contributed by atoms with Crippen LogP contribution in [0.25, 0.3) is 0 Å². The molecule has 2 aromatic rings. The van der Waals surface area contributed by atoms with E-state index in [9.17, 15) is 31.1 Å². The standard InChI is InChI=1S/C17H23N5O.2C2HF3O2/c1-13(14-5-3-2-4-6-14)9-10-20-17(18)22-16(23)8-7-15-11-19-12-21-15;2*3-2(4,5)1(6)7/h2-6,11-13H,7-10H2,1H3,(H,19,21)(H3,18,20,22,23);2*(H,6,7). The van der Waals surface area contributed by atoms with Crippen LogP contribution >= 0.6 is 0 Å². The summed E-state index contributed by atoms with van der Waals surface area (Å²) in [5.74, 6) is -5.07. The van der Waals surface area contributed by atoms with Gasteiger partial charge in [0.1, 0.15) is 0 Å². The van der Waals surface area contributed by atoms with Crippen LogP contribution in [0.1, 0.15) is 36.9 Å². The highest BCUT2D eigenvalue weighted by Gasteiger charge is 2.38. The molecule has 1 atom stereocenters. The smallest absolute Gasteiger partial charge is 0.475 e. The van der Waals surface area contributed by atoms with E-state index in [1.165, 1.54) is 5.56 Å². The van der Waals surface area contributed by atoms with E-state index >= 15 is 0 Å². The van der Waals surface area contributed by atoms with Crippen molar-refractivity contribution < 1.29 is 50.9 Å². The number of carboxylic acid groups (broad SMARTS) is 2. The van der Waals surface area contributed by atoms with Gasteiger partial charge in [0.2, 0.25) is 5.91 Å². The van der Waals surface area contributed by atoms with Gasteiger partial charge in [-0.2, -0.15) is 26.3 Å². The number of hydrogen-bond acceptors (Lipinski definition) is 5. The highest BCUT2D eigenvalue weighted by Crippen LogP contribution is 2.18. The molecule has 1 aromatic carbocycles. The highest BCUT2D eigenvalue weighted by atomic mass is 19.4. The molecule has 16 heteroatoms. The number of guanidine groups is 1. The molecule has 1 heterocycles. The molecular weight excluding hydrogens is 516 g/mol. The van der Waals surface area contributed by atoms with Crippen LogP contribution in [0, 0.1) is 0 Å². The minimum atomic E-state index is -5.08. The maximum Gasteiger partial charge on any atom is 0.490 e. The number of nitrogens with two attached hydrogens (primary N) is 1. The molecule has 206 valence electrons. The molecule has 0 fully saturated rings. The van der Waals surface area contributed by atoms with E-state index in [1.54, 1.807) is 12.5 Å². The first-order valence-electron chi connectivity index (χ1n) is 10.3. The van der Waals surface area contributed by atoms with Crippen molar-refractivity contribution in [2.75, 3.05) is 6.54 Å². The van der Waals surface area contributed by atoms with E-state index in [2.05, 4.69) is 39.3 Å². The number of aliphatic carboxylic acids is 2. The average molecular weight is 541 g/mol. The van der Waals surface area contributed by atoms with E-state index in [1.807, 2.05) is 18.2 Å². The van der Waals surface area contributed by atoms with Crippen molar-refractivity contribution in [1.29, 1.82) is 0 Å². The summed E-state index contributed by atoms with van der Waals surface area (Å²) in [6.45, 7) is 2.74. The molecule has 0 radical (unpaired) electrons. The third-order valence-corrected chi connectivity index (χ3v) is 4.14. The maximum absolute atomic E-state index is 11.8. The van der Waals surface area contributed by atoms with Gasteiger partial charge in [0.25, 0.3) is 0 Å². The number of imidazole rings is 1. The van der Waals surface area contributed by atoms with Crippen LogP contribution in [0.3, 0.4) is 0 Å². The number of carbonyl (C=O) groups excluding carboxylic acids is 1. The van der Waals surface area contributed by atoms with E-state index in [0.29, 0.717) is 25.3 Å². The minimum absolute atomic E-state index is 0.142. The van der Waals surface area contributed by atoms with Gasteiger partial charge in [-0.3, -0.25) is 15.1 Å². The third-order valence-electron chi connectivity index (χ3n) is 4.14. The zero-order valence-corrected chi connectivity index (χ0v) is 19.3. The maximum atomic E-state index is 11.8. The van der Waals surface area contributed by atoms with Crippen LogP contribution in [0.5, 0.6) is 0 Å². The Balaban J connectivity index is 0.000000761. The van der Waals surface area contributed by atoms with Crippen molar-refractivity contribution >= 4 is 23.8 Å². The topological polar surface area (TPSA) is 171 Å². The summed E-state index contributed by atoms with van der Waals surface area (Å²) in [4.78, 5) is 40.6. The number of aliphatic imine (C=N–C) groups is 1. The Kier molecular flexibility index (Phi) is 14.0. The predicted molar refractivity (Wildman–Crippen MR) is 118 cm³/mol. The number of carbonyl (C=O) groups is 3. The van der Waals surface area contributed by atoms with Crippen molar-refractivity contribution in [3.05, 3.63) is 54.1 Å². The van der Waals surface area contributed by atoms with Crippen molar-refractivity contribution in [1.82, 2.24) is 15.3 Å². The van der Waals surface area contributed by atoms with Crippen molar-refractivity contribution in [3.8, 4) is 0 Å². The molecule has 0 saturated carbocycles. The number of halogens is 6. The van der Waals surface area contributed by atoms with Crippen LogP contribution in [0.2, 0.25) is 0 Å². The molecule has 1 aromatic heterocycles.